The highest BCUT2D eigenvalue weighted by atomic mass is 15.1. The third-order valence-electron chi connectivity index (χ3n) is 5.72. The zero-order chi connectivity index (χ0) is 14.5. The Morgan fingerprint density at radius 1 is 1.19 bits per heavy atom. The number of hydrogen-bond acceptors (Lipinski definition) is 2. The van der Waals surface area contributed by atoms with Gasteiger partial charge in [0.1, 0.15) is 0 Å². The molecule has 1 N–H and O–H groups in total. The Bertz CT molecular complexity index is 414. The number of rotatable bonds is 5. The van der Waals surface area contributed by atoms with E-state index in [2.05, 4.69) is 47.5 Å². The fourth-order valence-corrected chi connectivity index (χ4v) is 4.11. The molecule has 0 aliphatic carbocycles. The van der Waals surface area contributed by atoms with Gasteiger partial charge in [0, 0.05) is 13.1 Å². The number of nitrogens with one attached hydrogen (secondary N) is 1. The smallest absolute Gasteiger partial charge is 0.00505 e. The normalized spacial score (nSPS) is 28.0. The maximum absolute atomic E-state index is 3.57. The second-order valence-electron chi connectivity index (χ2n) is 7.19. The van der Waals surface area contributed by atoms with Gasteiger partial charge in [-0.05, 0) is 68.6 Å². The summed E-state index contributed by atoms with van der Waals surface area (Å²) < 4.78 is 0. The van der Waals surface area contributed by atoms with Gasteiger partial charge < -0.3 is 10.2 Å². The first-order chi connectivity index (χ1) is 10.3. The van der Waals surface area contributed by atoms with Crippen LogP contribution in [0.3, 0.4) is 0 Å². The van der Waals surface area contributed by atoms with Crippen molar-refractivity contribution in [3.8, 4) is 0 Å². The zero-order valence-electron chi connectivity index (χ0n) is 13.5. The van der Waals surface area contributed by atoms with Crippen LogP contribution < -0.4 is 5.32 Å². The molecule has 1 aromatic carbocycles. The van der Waals surface area contributed by atoms with Crippen LogP contribution in [0.4, 0.5) is 0 Å². The van der Waals surface area contributed by atoms with E-state index in [0.717, 1.165) is 5.92 Å². The lowest BCUT2D eigenvalue weighted by molar-refractivity contribution is 0.116. The van der Waals surface area contributed by atoms with Gasteiger partial charge in [-0.2, -0.15) is 0 Å². The molecule has 2 heterocycles. The fourth-order valence-electron chi connectivity index (χ4n) is 4.11. The zero-order valence-corrected chi connectivity index (χ0v) is 13.5. The molecule has 116 valence electrons. The Morgan fingerprint density at radius 3 is 2.57 bits per heavy atom. The molecular formula is C19H30N2. The van der Waals surface area contributed by atoms with E-state index >= 15 is 0 Å². The van der Waals surface area contributed by atoms with Crippen LogP contribution in [0.2, 0.25) is 0 Å². The molecule has 21 heavy (non-hydrogen) atoms. The SMILES string of the molecule is CCC1(CN2CCC(Cc3ccccc3)CC2)CCNC1. The molecule has 0 bridgehead atoms. The quantitative estimate of drug-likeness (QED) is 0.893. The van der Waals surface area contributed by atoms with Gasteiger partial charge in [-0.15, -0.1) is 0 Å². The summed E-state index contributed by atoms with van der Waals surface area (Å²) in [6.45, 7) is 8.74. The third kappa shape index (κ3) is 3.87. The molecule has 3 rings (SSSR count). The average Bonchev–Trinajstić information content (AvgIpc) is 2.99. The summed E-state index contributed by atoms with van der Waals surface area (Å²) >= 11 is 0. The van der Waals surface area contributed by atoms with Crippen molar-refractivity contribution in [1.82, 2.24) is 10.2 Å². The van der Waals surface area contributed by atoms with Gasteiger partial charge in [-0.25, -0.2) is 0 Å². The summed E-state index contributed by atoms with van der Waals surface area (Å²) in [6, 6.07) is 11.0. The minimum atomic E-state index is 0.562. The van der Waals surface area contributed by atoms with Gasteiger partial charge in [0.05, 0.1) is 0 Å². The molecule has 2 nitrogen and oxygen atoms in total. The second kappa shape index (κ2) is 6.93. The van der Waals surface area contributed by atoms with Crippen LogP contribution in [0.1, 0.15) is 38.2 Å². The molecule has 2 aliphatic heterocycles. The maximum atomic E-state index is 3.57. The highest BCUT2D eigenvalue weighted by Gasteiger charge is 2.34. The molecule has 1 atom stereocenters. The molecule has 0 saturated carbocycles. The van der Waals surface area contributed by atoms with Crippen LogP contribution in [0.15, 0.2) is 30.3 Å². The lowest BCUT2D eigenvalue weighted by Gasteiger charge is -2.38. The molecule has 2 aliphatic rings. The van der Waals surface area contributed by atoms with Gasteiger partial charge in [-0.1, -0.05) is 37.3 Å². The lowest BCUT2D eigenvalue weighted by Crippen LogP contribution is -2.43. The Kier molecular flexibility index (Phi) is 4.97. The van der Waals surface area contributed by atoms with Crippen LogP contribution in [-0.4, -0.2) is 37.6 Å². The van der Waals surface area contributed by atoms with Gasteiger partial charge >= 0.3 is 0 Å². The van der Waals surface area contributed by atoms with Crippen LogP contribution >= 0.6 is 0 Å². The molecule has 1 aromatic rings. The molecule has 0 spiro atoms. The Labute approximate surface area is 129 Å². The summed E-state index contributed by atoms with van der Waals surface area (Å²) in [6.07, 6.45) is 6.72. The molecule has 1 unspecified atom stereocenters. The van der Waals surface area contributed by atoms with Crippen LogP contribution in [0.5, 0.6) is 0 Å². The highest BCUT2D eigenvalue weighted by Crippen LogP contribution is 2.32. The summed E-state index contributed by atoms with van der Waals surface area (Å²) in [4.78, 5) is 2.73. The minimum absolute atomic E-state index is 0.562. The van der Waals surface area contributed by atoms with Crippen molar-refractivity contribution < 1.29 is 0 Å². The van der Waals surface area contributed by atoms with Crippen molar-refractivity contribution in [3.05, 3.63) is 35.9 Å². The molecule has 0 radical (unpaired) electrons. The molecule has 0 amide bonds. The molecular weight excluding hydrogens is 256 g/mol. The molecule has 2 saturated heterocycles. The summed E-state index contributed by atoms with van der Waals surface area (Å²) in [5.74, 6) is 0.892. The van der Waals surface area contributed by atoms with Crippen LogP contribution in [0.25, 0.3) is 0 Å². The second-order valence-corrected chi connectivity index (χ2v) is 7.19. The maximum Gasteiger partial charge on any atom is 0.00505 e. The van der Waals surface area contributed by atoms with E-state index < -0.39 is 0 Å². The number of benzene rings is 1. The predicted molar refractivity (Wildman–Crippen MR) is 89.5 cm³/mol. The van der Waals surface area contributed by atoms with Crippen molar-refractivity contribution in [3.63, 3.8) is 0 Å². The minimum Gasteiger partial charge on any atom is -0.316 e. The summed E-state index contributed by atoms with van der Waals surface area (Å²) in [5.41, 5.74) is 2.08. The molecule has 2 heteroatoms. The predicted octanol–water partition coefficient (Wildman–Crippen LogP) is 3.33. The molecule has 2 fully saturated rings. The van der Waals surface area contributed by atoms with Crippen molar-refractivity contribution in [2.75, 3.05) is 32.7 Å². The Balaban J connectivity index is 1.47. The van der Waals surface area contributed by atoms with Gasteiger partial charge in [0.2, 0.25) is 0 Å². The Hall–Kier alpha value is -0.860. The van der Waals surface area contributed by atoms with Gasteiger partial charge in [0.25, 0.3) is 0 Å². The van der Waals surface area contributed by atoms with E-state index in [0.29, 0.717) is 5.41 Å². The third-order valence-corrected chi connectivity index (χ3v) is 5.72. The fraction of sp³-hybridized carbons (Fsp3) is 0.684. The number of hydrogen-bond donors (Lipinski definition) is 1. The van der Waals surface area contributed by atoms with Crippen molar-refractivity contribution in [1.29, 1.82) is 0 Å². The average molecular weight is 286 g/mol. The van der Waals surface area contributed by atoms with Crippen molar-refractivity contribution in [2.45, 2.75) is 39.0 Å². The largest absolute Gasteiger partial charge is 0.316 e. The first-order valence-electron chi connectivity index (χ1n) is 8.77. The lowest BCUT2D eigenvalue weighted by atomic mass is 9.82. The summed E-state index contributed by atoms with van der Waals surface area (Å²) in [7, 11) is 0. The first-order valence-corrected chi connectivity index (χ1v) is 8.77. The standard InChI is InChI=1S/C19H30N2/c1-2-19(10-11-20-15-19)16-21-12-8-18(9-13-21)14-17-6-4-3-5-7-17/h3-7,18,20H,2,8-16H2,1H3. The van der Waals surface area contributed by atoms with Crippen molar-refractivity contribution >= 4 is 0 Å². The van der Waals surface area contributed by atoms with Gasteiger partial charge in [-0.3, -0.25) is 0 Å². The van der Waals surface area contributed by atoms with E-state index in [4.69, 9.17) is 0 Å². The van der Waals surface area contributed by atoms with E-state index in [1.165, 1.54) is 70.4 Å². The van der Waals surface area contributed by atoms with Gasteiger partial charge in [0.15, 0.2) is 0 Å². The molecule has 0 aromatic heterocycles. The van der Waals surface area contributed by atoms with E-state index in [9.17, 15) is 0 Å². The van der Waals surface area contributed by atoms with E-state index in [1.807, 2.05) is 0 Å². The summed E-state index contributed by atoms with van der Waals surface area (Å²) in [5, 5.41) is 3.57. The Morgan fingerprint density at radius 2 is 1.95 bits per heavy atom. The van der Waals surface area contributed by atoms with Crippen molar-refractivity contribution in [2.24, 2.45) is 11.3 Å². The number of piperidine rings is 1. The number of likely N-dealkylation sites (tertiary alicyclic amines) is 1. The monoisotopic (exact) mass is 286 g/mol. The van der Waals surface area contributed by atoms with E-state index in [1.54, 1.807) is 0 Å². The topological polar surface area (TPSA) is 15.3 Å². The van der Waals surface area contributed by atoms with Crippen LogP contribution in [0, 0.1) is 11.3 Å². The van der Waals surface area contributed by atoms with Crippen LogP contribution in [-0.2, 0) is 6.42 Å². The number of nitrogens with zero attached hydrogens (tertiary/aromatic N) is 1. The van der Waals surface area contributed by atoms with E-state index in [-0.39, 0.29) is 0 Å². The first kappa shape index (κ1) is 15.1. The highest BCUT2D eigenvalue weighted by molar-refractivity contribution is 5.15.